The van der Waals surface area contributed by atoms with Crippen LogP contribution in [0, 0.1) is 0 Å². The van der Waals surface area contributed by atoms with Gasteiger partial charge in [-0.05, 0) is 24.1 Å². The number of hydrogen-bond donors (Lipinski definition) is 1. The van der Waals surface area contributed by atoms with Crippen LogP contribution in [0.4, 0.5) is 0 Å². The molecule has 106 valence electrons. The van der Waals surface area contributed by atoms with Gasteiger partial charge < -0.3 is 15.0 Å². The second-order valence-corrected chi connectivity index (χ2v) is 5.54. The molecule has 2 aliphatic rings. The van der Waals surface area contributed by atoms with Crippen LogP contribution < -0.4 is 10.1 Å². The molecule has 1 atom stereocenters. The minimum Gasteiger partial charge on any atom is -0.497 e. The first-order valence-corrected chi connectivity index (χ1v) is 7.24. The van der Waals surface area contributed by atoms with Crippen LogP contribution in [-0.4, -0.2) is 30.0 Å². The zero-order chi connectivity index (χ0) is 14.1. The molecule has 1 aromatic carbocycles. The van der Waals surface area contributed by atoms with E-state index in [-0.39, 0.29) is 0 Å². The molecule has 4 nitrogen and oxygen atoms in total. The number of aliphatic imine (C=N–C) groups is 1. The van der Waals surface area contributed by atoms with E-state index in [1.54, 1.807) is 7.11 Å². The van der Waals surface area contributed by atoms with Crippen molar-refractivity contribution >= 4 is 29.0 Å². The monoisotopic (exact) mass is 311 g/mol. The van der Waals surface area contributed by atoms with Crippen molar-refractivity contribution in [1.29, 1.82) is 0 Å². The van der Waals surface area contributed by atoms with Gasteiger partial charge in [-0.25, -0.2) is 4.99 Å². The standard InChI is InChI=1S/C14H15Cl2N3O/c1-20-10-4-2-9(3-5-10)8-19-7-6-11-12(15)17-14(16)18-13(11)19/h2-5,14,17H,6-8H2,1H3. The number of likely N-dealkylation sites (tertiary alicyclic amines) is 1. The molecule has 2 heterocycles. The molecular weight excluding hydrogens is 297 g/mol. The fraction of sp³-hybridized carbons (Fsp3) is 0.357. The summed E-state index contributed by atoms with van der Waals surface area (Å²) < 4.78 is 5.17. The number of amidine groups is 1. The van der Waals surface area contributed by atoms with Gasteiger partial charge in [0.2, 0.25) is 0 Å². The minimum absolute atomic E-state index is 0.488. The predicted octanol–water partition coefficient (Wildman–Crippen LogP) is 2.88. The largest absolute Gasteiger partial charge is 0.497 e. The number of ether oxygens (including phenoxy) is 1. The second-order valence-electron chi connectivity index (χ2n) is 4.75. The zero-order valence-corrected chi connectivity index (χ0v) is 12.6. The molecule has 1 N–H and O–H groups in total. The molecule has 0 amide bonds. The first kappa shape index (κ1) is 13.6. The van der Waals surface area contributed by atoms with Gasteiger partial charge in [-0.1, -0.05) is 35.3 Å². The summed E-state index contributed by atoms with van der Waals surface area (Å²) in [5.74, 6) is 1.77. The van der Waals surface area contributed by atoms with Crippen LogP contribution in [0.15, 0.2) is 40.0 Å². The van der Waals surface area contributed by atoms with E-state index in [4.69, 9.17) is 27.9 Å². The molecule has 0 radical (unpaired) electrons. The predicted molar refractivity (Wildman–Crippen MR) is 81.1 cm³/mol. The molecule has 0 saturated carbocycles. The van der Waals surface area contributed by atoms with Gasteiger partial charge in [0.15, 0.2) is 5.62 Å². The third-order valence-electron chi connectivity index (χ3n) is 3.48. The smallest absolute Gasteiger partial charge is 0.198 e. The van der Waals surface area contributed by atoms with Gasteiger partial charge in [-0.15, -0.1) is 0 Å². The normalized spacial score (nSPS) is 21.4. The zero-order valence-electron chi connectivity index (χ0n) is 11.1. The summed E-state index contributed by atoms with van der Waals surface area (Å²) in [6.45, 7) is 1.70. The summed E-state index contributed by atoms with van der Waals surface area (Å²) in [4.78, 5) is 6.64. The summed E-state index contributed by atoms with van der Waals surface area (Å²) in [5, 5.41) is 3.55. The number of nitrogens with one attached hydrogen (secondary N) is 1. The Bertz CT molecular complexity index is 568. The molecule has 2 aliphatic heterocycles. The molecule has 0 bridgehead atoms. The Kier molecular flexibility index (Phi) is 3.76. The molecule has 1 fully saturated rings. The van der Waals surface area contributed by atoms with E-state index in [2.05, 4.69) is 27.3 Å². The maximum Gasteiger partial charge on any atom is 0.198 e. The highest BCUT2D eigenvalue weighted by Gasteiger charge is 2.30. The Morgan fingerprint density at radius 2 is 2.15 bits per heavy atom. The Labute approximate surface area is 128 Å². The van der Waals surface area contributed by atoms with Crippen LogP contribution in [-0.2, 0) is 6.54 Å². The molecular formula is C14H15Cl2N3O. The van der Waals surface area contributed by atoms with Crippen LogP contribution in [0.5, 0.6) is 5.75 Å². The minimum atomic E-state index is -0.488. The quantitative estimate of drug-likeness (QED) is 0.689. The van der Waals surface area contributed by atoms with Crippen LogP contribution >= 0.6 is 23.2 Å². The summed E-state index contributed by atoms with van der Waals surface area (Å²) in [6, 6.07) is 8.04. The average molecular weight is 312 g/mol. The van der Waals surface area contributed by atoms with Gasteiger partial charge in [0.05, 0.1) is 7.11 Å². The van der Waals surface area contributed by atoms with Gasteiger partial charge >= 0.3 is 0 Å². The van der Waals surface area contributed by atoms with Crippen LogP contribution in [0.1, 0.15) is 12.0 Å². The number of rotatable bonds is 3. The van der Waals surface area contributed by atoms with Gasteiger partial charge in [-0.3, -0.25) is 0 Å². The molecule has 1 saturated heterocycles. The highest BCUT2D eigenvalue weighted by atomic mass is 35.5. The second kappa shape index (κ2) is 5.54. The van der Waals surface area contributed by atoms with Gasteiger partial charge in [0.25, 0.3) is 0 Å². The van der Waals surface area contributed by atoms with E-state index in [0.29, 0.717) is 5.16 Å². The van der Waals surface area contributed by atoms with Gasteiger partial charge in [0, 0.05) is 18.7 Å². The lowest BCUT2D eigenvalue weighted by Gasteiger charge is -2.24. The first-order valence-electron chi connectivity index (χ1n) is 6.42. The van der Waals surface area contributed by atoms with E-state index in [0.717, 1.165) is 36.7 Å². The van der Waals surface area contributed by atoms with Crippen LogP contribution in [0.3, 0.4) is 0 Å². The summed E-state index contributed by atoms with van der Waals surface area (Å²) in [7, 11) is 1.67. The highest BCUT2D eigenvalue weighted by molar-refractivity contribution is 6.33. The maximum absolute atomic E-state index is 6.18. The first-order chi connectivity index (χ1) is 9.67. The molecule has 0 spiro atoms. The maximum atomic E-state index is 6.18. The fourth-order valence-corrected chi connectivity index (χ4v) is 3.00. The van der Waals surface area contributed by atoms with Gasteiger partial charge in [0.1, 0.15) is 16.7 Å². The van der Waals surface area contributed by atoms with Crippen LogP contribution in [0.2, 0.25) is 0 Å². The third-order valence-corrected chi connectivity index (χ3v) is 4.02. The number of methoxy groups -OCH3 is 1. The van der Waals surface area contributed by atoms with E-state index >= 15 is 0 Å². The number of alkyl halides is 1. The lowest BCUT2D eigenvalue weighted by molar-refractivity contribution is 0.413. The number of halogens is 2. The van der Waals surface area contributed by atoms with E-state index in [1.165, 1.54) is 5.56 Å². The molecule has 0 aliphatic carbocycles. The van der Waals surface area contributed by atoms with Crippen molar-refractivity contribution in [3.8, 4) is 5.75 Å². The van der Waals surface area contributed by atoms with Crippen molar-refractivity contribution in [2.75, 3.05) is 13.7 Å². The average Bonchev–Trinajstić information content (AvgIpc) is 2.83. The molecule has 0 aromatic heterocycles. The van der Waals surface area contributed by atoms with Crippen molar-refractivity contribution in [3.63, 3.8) is 0 Å². The topological polar surface area (TPSA) is 36.9 Å². The van der Waals surface area contributed by atoms with E-state index in [9.17, 15) is 0 Å². The summed E-state index contributed by atoms with van der Waals surface area (Å²) in [6.07, 6.45) is 0.893. The van der Waals surface area contributed by atoms with Crippen molar-refractivity contribution in [3.05, 3.63) is 40.6 Å². The number of hydrogen-bond acceptors (Lipinski definition) is 4. The molecule has 20 heavy (non-hydrogen) atoms. The fourth-order valence-electron chi connectivity index (χ4n) is 2.46. The lowest BCUT2D eigenvalue weighted by atomic mass is 10.2. The van der Waals surface area contributed by atoms with Gasteiger partial charge in [-0.2, -0.15) is 0 Å². The molecule has 1 unspecified atom stereocenters. The lowest BCUT2D eigenvalue weighted by Crippen LogP contribution is -2.33. The molecule has 1 aromatic rings. The summed E-state index contributed by atoms with van der Waals surface area (Å²) in [5.41, 5.74) is 1.77. The SMILES string of the molecule is COc1ccc(CN2CCC3=C(Cl)NC(Cl)N=C32)cc1. The summed E-state index contributed by atoms with van der Waals surface area (Å²) >= 11 is 12.2. The Morgan fingerprint density at radius 3 is 2.85 bits per heavy atom. The molecule has 6 heteroatoms. The van der Waals surface area contributed by atoms with E-state index < -0.39 is 5.62 Å². The Morgan fingerprint density at radius 1 is 1.40 bits per heavy atom. The van der Waals surface area contributed by atoms with Crippen LogP contribution in [0.25, 0.3) is 0 Å². The molecule has 3 rings (SSSR count). The third kappa shape index (κ3) is 2.58. The van der Waals surface area contributed by atoms with Crippen molar-refractivity contribution in [2.24, 2.45) is 4.99 Å². The number of fused-ring (bicyclic) bond motifs is 1. The van der Waals surface area contributed by atoms with E-state index in [1.807, 2.05) is 12.1 Å². The Balaban J connectivity index is 1.78. The van der Waals surface area contributed by atoms with Crippen molar-refractivity contribution in [1.82, 2.24) is 10.2 Å². The Hall–Kier alpha value is -1.39. The highest BCUT2D eigenvalue weighted by Crippen LogP contribution is 2.29. The van der Waals surface area contributed by atoms with Crippen molar-refractivity contribution in [2.45, 2.75) is 18.6 Å². The van der Waals surface area contributed by atoms with Crippen molar-refractivity contribution < 1.29 is 4.74 Å². The number of benzene rings is 1. The number of nitrogens with zero attached hydrogens (tertiary/aromatic N) is 2.